The molecule has 0 heterocycles. The van der Waals surface area contributed by atoms with Crippen LogP contribution in [-0.4, -0.2) is 5.11 Å². The molecule has 2 nitrogen and oxygen atoms in total. The van der Waals surface area contributed by atoms with Crippen molar-refractivity contribution in [1.82, 2.24) is 0 Å². The van der Waals surface area contributed by atoms with E-state index in [-0.39, 0.29) is 18.1 Å². The monoisotopic (exact) mass is 270 g/mol. The highest BCUT2D eigenvalue weighted by atomic mass is 35.5. The van der Waals surface area contributed by atoms with Gasteiger partial charge in [-0.15, -0.1) is 0 Å². The van der Waals surface area contributed by atoms with E-state index in [2.05, 4.69) is 0 Å². The molecule has 0 aliphatic heterocycles. The number of aliphatic hydroxyl groups is 1. The van der Waals surface area contributed by atoms with Gasteiger partial charge in [0.2, 0.25) is 0 Å². The van der Waals surface area contributed by atoms with Gasteiger partial charge < -0.3 is 9.84 Å². The molecular formula is C13H9ClF2O2. The molecule has 2 rings (SSSR count). The fraction of sp³-hybridized carbons (Fsp3) is 0.0769. The Bertz CT molecular complexity index is 573. The minimum absolute atomic E-state index is 0.117. The van der Waals surface area contributed by atoms with E-state index in [0.717, 1.165) is 12.1 Å². The highest BCUT2D eigenvalue weighted by molar-refractivity contribution is 6.30. The van der Waals surface area contributed by atoms with Crippen molar-refractivity contribution in [2.24, 2.45) is 0 Å². The second-order valence-corrected chi connectivity index (χ2v) is 4.02. The summed E-state index contributed by atoms with van der Waals surface area (Å²) in [6.07, 6.45) is 0. The molecular weight excluding hydrogens is 262 g/mol. The molecule has 0 unspecified atom stereocenters. The van der Waals surface area contributed by atoms with E-state index in [4.69, 9.17) is 21.4 Å². The first-order valence-electron chi connectivity index (χ1n) is 5.12. The zero-order valence-corrected chi connectivity index (χ0v) is 9.92. The first kappa shape index (κ1) is 12.8. The summed E-state index contributed by atoms with van der Waals surface area (Å²) >= 11 is 5.76. The lowest BCUT2D eigenvalue weighted by Gasteiger charge is -2.10. The summed E-state index contributed by atoms with van der Waals surface area (Å²) in [7, 11) is 0. The van der Waals surface area contributed by atoms with Crippen LogP contribution in [0.25, 0.3) is 0 Å². The van der Waals surface area contributed by atoms with Crippen LogP contribution >= 0.6 is 11.6 Å². The minimum Gasteiger partial charge on any atom is -0.454 e. The minimum atomic E-state index is -0.811. The maximum absolute atomic E-state index is 13.4. The Morgan fingerprint density at radius 3 is 2.44 bits per heavy atom. The molecule has 0 amide bonds. The number of aliphatic hydroxyl groups excluding tert-OH is 1. The van der Waals surface area contributed by atoms with E-state index in [1.54, 1.807) is 6.07 Å². The molecule has 0 atom stereocenters. The lowest BCUT2D eigenvalue weighted by atomic mass is 10.2. The van der Waals surface area contributed by atoms with Crippen molar-refractivity contribution in [3.05, 3.63) is 58.6 Å². The molecule has 0 aromatic heterocycles. The summed E-state index contributed by atoms with van der Waals surface area (Å²) in [6, 6.07) is 7.57. The van der Waals surface area contributed by atoms with Crippen LogP contribution in [0.4, 0.5) is 8.78 Å². The van der Waals surface area contributed by atoms with Crippen LogP contribution in [0.2, 0.25) is 5.02 Å². The third kappa shape index (κ3) is 2.78. The molecule has 0 saturated carbocycles. The first-order chi connectivity index (χ1) is 8.60. The van der Waals surface area contributed by atoms with Crippen molar-refractivity contribution >= 4 is 11.6 Å². The van der Waals surface area contributed by atoms with Crippen LogP contribution in [0.5, 0.6) is 11.5 Å². The Morgan fingerprint density at radius 2 is 1.78 bits per heavy atom. The molecule has 18 heavy (non-hydrogen) atoms. The second kappa shape index (κ2) is 5.33. The summed E-state index contributed by atoms with van der Waals surface area (Å²) in [5.41, 5.74) is 0.422. The molecule has 2 aromatic rings. The predicted molar refractivity (Wildman–Crippen MR) is 63.8 cm³/mol. The third-order valence-corrected chi connectivity index (χ3v) is 2.54. The Morgan fingerprint density at radius 1 is 1.06 bits per heavy atom. The van der Waals surface area contributed by atoms with Gasteiger partial charge in [0.25, 0.3) is 0 Å². The van der Waals surface area contributed by atoms with Crippen LogP contribution in [0.1, 0.15) is 5.56 Å². The molecule has 0 spiro atoms. The molecule has 0 saturated heterocycles. The van der Waals surface area contributed by atoms with Crippen LogP contribution < -0.4 is 4.74 Å². The van der Waals surface area contributed by atoms with E-state index in [0.29, 0.717) is 10.6 Å². The topological polar surface area (TPSA) is 29.5 Å². The molecule has 0 aliphatic carbocycles. The van der Waals surface area contributed by atoms with E-state index >= 15 is 0 Å². The number of ether oxygens (including phenoxy) is 1. The lowest BCUT2D eigenvalue weighted by Crippen LogP contribution is -1.94. The highest BCUT2D eigenvalue weighted by Gasteiger charge is 2.09. The quantitative estimate of drug-likeness (QED) is 0.916. The van der Waals surface area contributed by atoms with Crippen LogP contribution in [-0.2, 0) is 6.61 Å². The maximum Gasteiger partial charge on any atom is 0.168 e. The van der Waals surface area contributed by atoms with Crippen molar-refractivity contribution < 1.29 is 18.6 Å². The third-order valence-electron chi connectivity index (χ3n) is 2.31. The van der Waals surface area contributed by atoms with Crippen molar-refractivity contribution in [2.75, 3.05) is 0 Å². The average molecular weight is 271 g/mol. The van der Waals surface area contributed by atoms with Crippen LogP contribution in [0.15, 0.2) is 36.4 Å². The van der Waals surface area contributed by atoms with Crippen molar-refractivity contribution in [2.45, 2.75) is 6.61 Å². The zero-order chi connectivity index (χ0) is 13.1. The van der Waals surface area contributed by atoms with E-state index < -0.39 is 11.6 Å². The number of benzene rings is 2. The Balaban J connectivity index is 2.33. The summed E-state index contributed by atoms with van der Waals surface area (Å²) in [4.78, 5) is 0. The SMILES string of the molecule is OCc1cc(Cl)ccc1Oc1ccc(F)cc1F. The fourth-order valence-electron chi connectivity index (χ4n) is 1.45. The largest absolute Gasteiger partial charge is 0.454 e. The van der Waals surface area contributed by atoms with Crippen LogP contribution in [0, 0.1) is 11.6 Å². The summed E-state index contributed by atoms with van der Waals surface area (Å²) < 4.78 is 31.4. The number of hydrogen-bond acceptors (Lipinski definition) is 2. The van der Waals surface area contributed by atoms with Gasteiger partial charge in [0.05, 0.1) is 6.61 Å². The fourth-order valence-corrected chi connectivity index (χ4v) is 1.64. The van der Waals surface area contributed by atoms with Crippen molar-refractivity contribution in [3.63, 3.8) is 0 Å². The molecule has 0 radical (unpaired) electrons. The molecule has 0 aliphatic rings. The molecule has 5 heteroatoms. The van der Waals surface area contributed by atoms with Crippen LogP contribution in [0.3, 0.4) is 0 Å². The van der Waals surface area contributed by atoms with Gasteiger partial charge in [-0.3, -0.25) is 0 Å². The average Bonchev–Trinajstić information content (AvgIpc) is 2.34. The zero-order valence-electron chi connectivity index (χ0n) is 9.16. The molecule has 1 N–H and O–H groups in total. The van der Waals surface area contributed by atoms with Gasteiger partial charge in [0, 0.05) is 16.7 Å². The van der Waals surface area contributed by atoms with Crippen molar-refractivity contribution in [3.8, 4) is 11.5 Å². The number of rotatable bonds is 3. The molecule has 0 fully saturated rings. The standard InChI is InChI=1S/C13H9ClF2O2/c14-9-1-3-12(8(5-9)7-17)18-13-4-2-10(15)6-11(13)16/h1-6,17H,7H2. The van der Waals surface area contributed by atoms with Gasteiger partial charge in [-0.05, 0) is 30.3 Å². The summed E-state index contributed by atoms with van der Waals surface area (Å²) in [6.45, 7) is -0.293. The Hall–Kier alpha value is -1.65. The number of halogens is 3. The smallest absolute Gasteiger partial charge is 0.168 e. The number of hydrogen-bond donors (Lipinski definition) is 1. The van der Waals surface area contributed by atoms with E-state index in [1.807, 2.05) is 0 Å². The first-order valence-corrected chi connectivity index (χ1v) is 5.50. The van der Waals surface area contributed by atoms with Gasteiger partial charge in [-0.2, -0.15) is 0 Å². The van der Waals surface area contributed by atoms with Gasteiger partial charge in [0.1, 0.15) is 11.6 Å². The Labute approximate surface area is 107 Å². The van der Waals surface area contributed by atoms with Gasteiger partial charge in [-0.25, -0.2) is 8.78 Å². The van der Waals surface area contributed by atoms with E-state index in [9.17, 15) is 8.78 Å². The van der Waals surface area contributed by atoms with E-state index in [1.165, 1.54) is 18.2 Å². The molecule has 0 bridgehead atoms. The Kier molecular flexibility index (Phi) is 3.79. The highest BCUT2D eigenvalue weighted by Crippen LogP contribution is 2.29. The predicted octanol–water partition coefficient (Wildman–Crippen LogP) is 3.90. The second-order valence-electron chi connectivity index (χ2n) is 3.59. The molecule has 2 aromatic carbocycles. The van der Waals surface area contributed by atoms with Gasteiger partial charge in [-0.1, -0.05) is 11.6 Å². The normalized spacial score (nSPS) is 10.4. The molecule has 94 valence electrons. The summed E-state index contributed by atoms with van der Waals surface area (Å²) in [5, 5.41) is 9.58. The summed E-state index contributed by atoms with van der Waals surface area (Å²) in [5.74, 6) is -1.34. The van der Waals surface area contributed by atoms with Gasteiger partial charge in [0.15, 0.2) is 11.6 Å². The van der Waals surface area contributed by atoms with Crippen molar-refractivity contribution in [1.29, 1.82) is 0 Å². The maximum atomic E-state index is 13.4. The lowest BCUT2D eigenvalue weighted by molar-refractivity contribution is 0.276. The van der Waals surface area contributed by atoms with Gasteiger partial charge >= 0.3 is 0 Å².